The lowest BCUT2D eigenvalue weighted by Gasteiger charge is -2.32. The van der Waals surface area contributed by atoms with E-state index in [1.54, 1.807) is 24.3 Å². The molecule has 3 rings (SSSR count). The first-order valence-electron chi connectivity index (χ1n) is 10.8. The molecule has 2 aromatic carbocycles. The van der Waals surface area contributed by atoms with E-state index in [1.165, 1.54) is 5.56 Å². The smallest absolute Gasteiger partial charge is 0.340 e. The van der Waals surface area contributed by atoms with Crippen molar-refractivity contribution in [2.75, 3.05) is 25.0 Å². The van der Waals surface area contributed by atoms with Gasteiger partial charge in [0.05, 0.1) is 17.9 Å². The van der Waals surface area contributed by atoms with Gasteiger partial charge in [0, 0.05) is 25.7 Å². The number of amides is 2. The van der Waals surface area contributed by atoms with Crippen LogP contribution < -0.4 is 10.6 Å². The fourth-order valence-electron chi connectivity index (χ4n) is 3.58. The third kappa shape index (κ3) is 6.59. The third-order valence-electron chi connectivity index (χ3n) is 5.30. The van der Waals surface area contributed by atoms with Crippen LogP contribution in [0.4, 0.5) is 10.5 Å². The Kier molecular flexibility index (Phi) is 8.27. The van der Waals surface area contributed by atoms with Gasteiger partial charge in [0.2, 0.25) is 0 Å². The van der Waals surface area contributed by atoms with Gasteiger partial charge in [0.15, 0.2) is 0 Å². The van der Waals surface area contributed by atoms with Crippen LogP contribution in [-0.4, -0.2) is 42.6 Å². The summed E-state index contributed by atoms with van der Waals surface area (Å²) in [6, 6.07) is 17.2. The fraction of sp³-hybridized carbons (Fsp3) is 0.417. The standard InChI is InChI=1S/C24H31N3O3/c1-2-3-17-30-23(28)21-11-7-8-12-22(21)26-24(29)25-20-13-15-27(16-14-20)18-19-9-5-4-6-10-19/h4-12,20H,2-3,13-18H2,1H3,(H2,25,26,29). The Morgan fingerprint density at radius 1 is 1.03 bits per heavy atom. The van der Waals surface area contributed by atoms with Crippen LogP contribution in [0.25, 0.3) is 0 Å². The average molecular weight is 410 g/mol. The highest BCUT2D eigenvalue weighted by molar-refractivity contribution is 6.00. The quantitative estimate of drug-likeness (QED) is 0.500. The van der Waals surface area contributed by atoms with Gasteiger partial charge in [-0.15, -0.1) is 0 Å². The number of nitrogens with zero attached hydrogens (tertiary/aromatic N) is 1. The molecule has 2 amide bonds. The lowest BCUT2D eigenvalue weighted by atomic mass is 10.0. The number of carbonyl (C=O) groups excluding carboxylic acids is 2. The van der Waals surface area contributed by atoms with E-state index in [1.807, 2.05) is 13.0 Å². The molecule has 1 aliphatic rings. The SMILES string of the molecule is CCCCOC(=O)c1ccccc1NC(=O)NC1CCN(Cc2ccccc2)CC1. The summed E-state index contributed by atoms with van der Waals surface area (Å²) in [4.78, 5) is 27.2. The van der Waals surface area contributed by atoms with Crippen molar-refractivity contribution in [3.63, 3.8) is 0 Å². The number of carbonyl (C=O) groups is 2. The predicted molar refractivity (Wildman–Crippen MR) is 119 cm³/mol. The van der Waals surface area contributed by atoms with E-state index in [4.69, 9.17) is 4.74 Å². The van der Waals surface area contributed by atoms with Crippen molar-refractivity contribution in [1.29, 1.82) is 0 Å². The lowest BCUT2D eigenvalue weighted by Crippen LogP contribution is -2.45. The van der Waals surface area contributed by atoms with Crippen LogP contribution in [0.3, 0.4) is 0 Å². The molecule has 30 heavy (non-hydrogen) atoms. The maximum Gasteiger partial charge on any atom is 0.340 e. The second-order valence-corrected chi connectivity index (χ2v) is 7.67. The van der Waals surface area contributed by atoms with E-state index < -0.39 is 5.97 Å². The number of unbranched alkanes of at least 4 members (excludes halogenated alkanes) is 1. The molecule has 6 nitrogen and oxygen atoms in total. The second-order valence-electron chi connectivity index (χ2n) is 7.67. The van der Waals surface area contributed by atoms with E-state index >= 15 is 0 Å². The van der Waals surface area contributed by atoms with Crippen LogP contribution in [0.15, 0.2) is 54.6 Å². The van der Waals surface area contributed by atoms with Gasteiger partial charge in [0.1, 0.15) is 0 Å². The Balaban J connectivity index is 1.47. The highest BCUT2D eigenvalue weighted by atomic mass is 16.5. The molecule has 0 aliphatic carbocycles. The summed E-state index contributed by atoms with van der Waals surface area (Å²) in [5, 5.41) is 5.86. The van der Waals surface area contributed by atoms with E-state index in [-0.39, 0.29) is 12.1 Å². The van der Waals surface area contributed by atoms with Crippen LogP contribution in [0.5, 0.6) is 0 Å². The van der Waals surface area contributed by atoms with E-state index in [0.717, 1.165) is 45.3 Å². The molecule has 160 valence electrons. The molecule has 1 aliphatic heterocycles. The molecule has 1 fully saturated rings. The number of benzene rings is 2. The maximum absolute atomic E-state index is 12.5. The molecule has 0 unspecified atom stereocenters. The molecule has 0 spiro atoms. The molecule has 0 saturated carbocycles. The number of anilines is 1. The first-order valence-corrected chi connectivity index (χ1v) is 10.8. The first kappa shape index (κ1) is 21.8. The topological polar surface area (TPSA) is 70.7 Å². The summed E-state index contributed by atoms with van der Waals surface area (Å²) in [5.41, 5.74) is 2.16. The van der Waals surface area contributed by atoms with Crippen LogP contribution in [0, 0.1) is 0 Å². The number of likely N-dealkylation sites (tertiary alicyclic amines) is 1. The van der Waals surface area contributed by atoms with Crippen molar-refractivity contribution in [3.05, 3.63) is 65.7 Å². The minimum Gasteiger partial charge on any atom is -0.462 e. The Hall–Kier alpha value is -2.86. The molecule has 2 aromatic rings. The average Bonchev–Trinajstić information content (AvgIpc) is 2.76. The highest BCUT2D eigenvalue weighted by Crippen LogP contribution is 2.18. The van der Waals surface area contributed by atoms with E-state index in [9.17, 15) is 9.59 Å². The number of nitrogens with one attached hydrogen (secondary N) is 2. The molecule has 0 radical (unpaired) electrons. The van der Waals surface area contributed by atoms with Crippen molar-refractivity contribution in [2.24, 2.45) is 0 Å². The molecular weight excluding hydrogens is 378 g/mol. The van der Waals surface area contributed by atoms with Crippen LogP contribution >= 0.6 is 0 Å². The Bertz CT molecular complexity index is 817. The second kappa shape index (κ2) is 11.4. The zero-order valence-corrected chi connectivity index (χ0v) is 17.6. The monoisotopic (exact) mass is 409 g/mol. The lowest BCUT2D eigenvalue weighted by molar-refractivity contribution is 0.0501. The largest absolute Gasteiger partial charge is 0.462 e. The molecule has 0 bridgehead atoms. The molecule has 0 aromatic heterocycles. The number of ether oxygens (including phenoxy) is 1. The van der Waals surface area contributed by atoms with Gasteiger partial charge in [-0.2, -0.15) is 0 Å². The first-order chi connectivity index (χ1) is 14.7. The van der Waals surface area contributed by atoms with Crippen molar-refractivity contribution < 1.29 is 14.3 Å². The summed E-state index contributed by atoms with van der Waals surface area (Å²) in [5.74, 6) is -0.409. The van der Waals surface area contributed by atoms with Gasteiger partial charge in [-0.1, -0.05) is 55.8 Å². The van der Waals surface area contributed by atoms with E-state index in [0.29, 0.717) is 17.9 Å². The highest BCUT2D eigenvalue weighted by Gasteiger charge is 2.21. The molecule has 6 heteroatoms. The summed E-state index contributed by atoms with van der Waals surface area (Å²) in [6.45, 7) is 5.25. The number of piperidine rings is 1. The van der Waals surface area contributed by atoms with Crippen LogP contribution in [-0.2, 0) is 11.3 Å². The third-order valence-corrected chi connectivity index (χ3v) is 5.30. The van der Waals surface area contributed by atoms with Gasteiger partial charge in [-0.25, -0.2) is 9.59 Å². The summed E-state index contributed by atoms with van der Waals surface area (Å²) >= 11 is 0. The minimum atomic E-state index is -0.409. The zero-order chi connectivity index (χ0) is 21.2. The molecule has 1 heterocycles. The summed E-state index contributed by atoms with van der Waals surface area (Å²) in [7, 11) is 0. The number of hydrogen-bond acceptors (Lipinski definition) is 4. The zero-order valence-electron chi connectivity index (χ0n) is 17.6. The maximum atomic E-state index is 12.5. The molecule has 0 atom stereocenters. The molecular formula is C24H31N3O3. The number of rotatable bonds is 8. The van der Waals surface area contributed by atoms with Gasteiger partial charge in [0.25, 0.3) is 0 Å². The van der Waals surface area contributed by atoms with Crippen LogP contribution in [0.2, 0.25) is 0 Å². The number of esters is 1. The predicted octanol–water partition coefficient (Wildman–Crippen LogP) is 4.43. The van der Waals surface area contributed by atoms with Crippen molar-refractivity contribution in [3.8, 4) is 0 Å². The number of para-hydroxylation sites is 1. The van der Waals surface area contributed by atoms with Crippen molar-refractivity contribution >= 4 is 17.7 Å². The number of urea groups is 1. The Labute approximate surface area is 178 Å². The van der Waals surface area contributed by atoms with E-state index in [2.05, 4.69) is 39.8 Å². The van der Waals surface area contributed by atoms with Gasteiger partial charge >= 0.3 is 12.0 Å². The van der Waals surface area contributed by atoms with Crippen molar-refractivity contribution in [2.45, 2.75) is 45.2 Å². The Morgan fingerprint density at radius 3 is 2.47 bits per heavy atom. The number of hydrogen-bond donors (Lipinski definition) is 2. The van der Waals surface area contributed by atoms with Crippen molar-refractivity contribution in [1.82, 2.24) is 10.2 Å². The summed E-state index contributed by atoms with van der Waals surface area (Å²) < 4.78 is 5.29. The van der Waals surface area contributed by atoms with Crippen LogP contribution in [0.1, 0.15) is 48.5 Å². The molecule has 1 saturated heterocycles. The minimum absolute atomic E-state index is 0.126. The van der Waals surface area contributed by atoms with Gasteiger partial charge in [-0.3, -0.25) is 4.90 Å². The Morgan fingerprint density at radius 2 is 1.73 bits per heavy atom. The van der Waals surface area contributed by atoms with Gasteiger partial charge < -0.3 is 15.4 Å². The fourth-order valence-corrected chi connectivity index (χ4v) is 3.58. The normalized spacial score (nSPS) is 14.8. The summed E-state index contributed by atoms with van der Waals surface area (Å²) in [6.07, 6.45) is 3.59. The van der Waals surface area contributed by atoms with Gasteiger partial charge in [-0.05, 0) is 37.0 Å². The molecule has 2 N–H and O–H groups in total.